The molecule has 6 nitrogen and oxygen atoms in total. The molecule has 2 N–H and O–H groups in total. The van der Waals surface area contributed by atoms with Gasteiger partial charge >= 0.3 is 12.1 Å². The summed E-state index contributed by atoms with van der Waals surface area (Å²) in [5.74, 6) is -3.46. The van der Waals surface area contributed by atoms with Crippen molar-refractivity contribution in [1.82, 2.24) is 4.90 Å². The largest absolute Gasteiger partial charge is 0.490 e. The van der Waals surface area contributed by atoms with Gasteiger partial charge in [-0.1, -0.05) is 6.07 Å². The Balaban J connectivity index is 0.000000406. The average molecular weight is 481 g/mol. The molecule has 2 aromatic rings. The molecule has 2 heterocycles. The molecule has 1 amide bonds. The molecule has 2 aliphatic heterocycles. The number of anilines is 2. The van der Waals surface area contributed by atoms with Gasteiger partial charge in [0.25, 0.3) is 5.91 Å². The second kappa shape index (κ2) is 10.9. The molecule has 0 aliphatic carbocycles. The highest BCUT2D eigenvalue weighted by Crippen LogP contribution is 2.28. The zero-order valence-corrected chi connectivity index (χ0v) is 18.7. The van der Waals surface area contributed by atoms with Crippen LogP contribution in [0.25, 0.3) is 0 Å². The molecule has 34 heavy (non-hydrogen) atoms. The summed E-state index contributed by atoms with van der Waals surface area (Å²) < 4.78 is 45.0. The van der Waals surface area contributed by atoms with Gasteiger partial charge in [-0.3, -0.25) is 9.69 Å². The molecule has 2 aliphatic rings. The van der Waals surface area contributed by atoms with Crippen LogP contribution < -0.4 is 10.2 Å². The number of hydrogen-bond donors (Lipinski definition) is 2. The summed E-state index contributed by atoms with van der Waals surface area (Å²) >= 11 is 0. The number of carbonyl (C=O) groups is 2. The fourth-order valence-electron chi connectivity index (χ4n) is 4.33. The molecule has 2 aromatic carbocycles. The number of likely N-dealkylation sites (tertiary alicyclic amines) is 1. The van der Waals surface area contributed by atoms with E-state index in [1.807, 2.05) is 12.1 Å². The molecule has 0 saturated carbocycles. The van der Waals surface area contributed by atoms with Crippen molar-refractivity contribution in [2.24, 2.45) is 0 Å². The van der Waals surface area contributed by atoms with Gasteiger partial charge in [-0.05, 0) is 75.2 Å². The van der Waals surface area contributed by atoms with Gasteiger partial charge in [0, 0.05) is 42.1 Å². The van der Waals surface area contributed by atoms with Crippen LogP contribution in [-0.2, 0) is 4.79 Å². The summed E-state index contributed by atoms with van der Waals surface area (Å²) in [7, 11) is 0. The Labute approximate surface area is 195 Å². The van der Waals surface area contributed by atoms with E-state index < -0.39 is 18.0 Å². The minimum Gasteiger partial charge on any atom is -0.475 e. The highest BCUT2D eigenvalue weighted by molar-refractivity contribution is 6.04. The zero-order valence-electron chi connectivity index (χ0n) is 18.7. The van der Waals surface area contributed by atoms with Crippen molar-refractivity contribution in [1.29, 1.82) is 0 Å². The predicted octanol–water partition coefficient (Wildman–Crippen LogP) is 4.77. The van der Waals surface area contributed by atoms with Gasteiger partial charge in [-0.25, -0.2) is 9.18 Å². The van der Waals surface area contributed by atoms with Crippen molar-refractivity contribution < 1.29 is 32.3 Å². The third-order valence-corrected chi connectivity index (χ3v) is 6.06. The molecule has 0 aromatic heterocycles. The number of carbonyl (C=O) groups excluding carboxylic acids is 1. The van der Waals surface area contributed by atoms with Crippen LogP contribution in [0.3, 0.4) is 0 Å². The molecule has 10 heteroatoms. The Morgan fingerprint density at radius 1 is 1.06 bits per heavy atom. The van der Waals surface area contributed by atoms with Gasteiger partial charge in [0.05, 0.1) is 0 Å². The Kier molecular flexibility index (Phi) is 8.14. The number of hydrogen-bond acceptors (Lipinski definition) is 4. The van der Waals surface area contributed by atoms with Crippen LogP contribution in [0.1, 0.15) is 36.5 Å². The van der Waals surface area contributed by atoms with Crippen LogP contribution >= 0.6 is 0 Å². The minimum absolute atomic E-state index is 0.300. The number of nitrogens with zero attached hydrogens (tertiary/aromatic N) is 2. The number of benzene rings is 2. The molecular formula is C24H27F4N3O3. The lowest BCUT2D eigenvalue weighted by Gasteiger charge is -2.28. The van der Waals surface area contributed by atoms with Crippen LogP contribution in [0.5, 0.6) is 0 Å². The summed E-state index contributed by atoms with van der Waals surface area (Å²) in [6, 6.07) is 15.0. The van der Waals surface area contributed by atoms with Gasteiger partial charge < -0.3 is 15.3 Å². The normalized spacial score (nSPS) is 20.6. The second-order valence-corrected chi connectivity index (χ2v) is 8.43. The lowest BCUT2D eigenvalue weighted by molar-refractivity contribution is -0.192. The average Bonchev–Trinajstić information content (AvgIpc) is 3.43. The van der Waals surface area contributed by atoms with Crippen molar-refractivity contribution in [3.8, 4) is 0 Å². The maximum Gasteiger partial charge on any atom is 0.490 e. The van der Waals surface area contributed by atoms with Crippen molar-refractivity contribution >= 4 is 23.3 Å². The quantitative estimate of drug-likeness (QED) is 0.616. The number of alkyl halides is 3. The summed E-state index contributed by atoms with van der Waals surface area (Å²) in [5, 5.41) is 9.96. The lowest BCUT2D eigenvalue weighted by Crippen LogP contribution is -2.39. The first-order valence-corrected chi connectivity index (χ1v) is 11.0. The topological polar surface area (TPSA) is 72.9 Å². The van der Waals surface area contributed by atoms with Gasteiger partial charge in [0.15, 0.2) is 0 Å². The van der Waals surface area contributed by atoms with E-state index in [9.17, 15) is 22.4 Å². The third kappa shape index (κ3) is 6.69. The van der Waals surface area contributed by atoms with E-state index in [2.05, 4.69) is 34.2 Å². The Hall–Kier alpha value is -3.14. The number of nitrogens with one attached hydrogen (secondary N) is 1. The molecule has 2 fully saturated rings. The molecule has 2 unspecified atom stereocenters. The molecule has 0 bridgehead atoms. The van der Waals surface area contributed by atoms with E-state index in [4.69, 9.17) is 9.90 Å². The Morgan fingerprint density at radius 3 is 2.29 bits per heavy atom. The van der Waals surface area contributed by atoms with Crippen molar-refractivity contribution in [3.63, 3.8) is 0 Å². The maximum absolute atomic E-state index is 13.3. The van der Waals surface area contributed by atoms with Crippen molar-refractivity contribution in [2.75, 3.05) is 29.9 Å². The standard InChI is InChI=1S/C22H26FN3O.C2HF3O2/c1-16-4-3-12-26(16)21-11-13-25(15-21)20-9-7-19(8-10-20)24-22(27)17-5-2-6-18(23)14-17;3-2(4,5)1(6)7/h2,5-10,14,16,21H,3-4,11-13,15H2,1H3,(H,24,27);(H,6,7). The van der Waals surface area contributed by atoms with E-state index in [-0.39, 0.29) is 5.91 Å². The monoisotopic (exact) mass is 481 g/mol. The number of aliphatic carboxylic acids is 1. The van der Waals surface area contributed by atoms with E-state index in [1.165, 1.54) is 43.6 Å². The molecule has 2 saturated heterocycles. The first kappa shape index (κ1) is 25.5. The maximum atomic E-state index is 13.3. The Morgan fingerprint density at radius 2 is 1.74 bits per heavy atom. The van der Waals surface area contributed by atoms with E-state index in [0.717, 1.165) is 18.8 Å². The van der Waals surface area contributed by atoms with Crippen LogP contribution in [0.4, 0.5) is 28.9 Å². The lowest BCUT2D eigenvalue weighted by atomic mass is 10.2. The van der Waals surface area contributed by atoms with E-state index >= 15 is 0 Å². The third-order valence-electron chi connectivity index (χ3n) is 6.06. The first-order chi connectivity index (χ1) is 16.0. The van der Waals surface area contributed by atoms with Gasteiger partial charge in [-0.15, -0.1) is 0 Å². The summed E-state index contributed by atoms with van der Waals surface area (Å²) in [5.41, 5.74) is 2.23. The number of halogens is 4. The smallest absolute Gasteiger partial charge is 0.475 e. The van der Waals surface area contributed by atoms with Crippen LogP contribution in [-0.4, -0.2) is 59.8 Å². The summed E-state index contributed by atoms with van der Waals surface area (Å²) in [4.78, 5) is 26.2. The Bertz CT molecular complexity index is 998. The molecule has 4 rings (SSSR count). The van der Waals surface area contributed by atoms with E-state index in [1.54, 1.807) is 12.1 Å². The van der Waals surface area contributed by atoms with Crippen LogP contribution in [0.15, 0.2) is 48.5 Å². The number of rotatable bonds is 4. The molecular weight excluding hydrogens is 454 g/mol. The van der Waals surface area contributed by atoms with Crippen molar-refractivity contribution in [2.45, 2.75) is 44.4 Å². The fourth-order valence-corrected chi connectivity index (χ4v) is 4.33. The van der Waals surface area contributed by atoms with Crippen molar-refractivity contribution in [3.05, 3.63) is 59.9 Å². The number of amides is 1. The highest BCUT2D eigenvalue weighted by atomic mass is 19.4. The number of carboxylic acids is 1. The zero-order chi connectivity index (χ0) is 24.9. The second-order valence-electron chi connectivity index (χ2n) is 8.43. The highest BCUT2D eigenvalue weighted by Gasteiger charge is 2.38. The molecule has 0 spiro atoms. The molecule has 0 radical (unpaired) electrons. The molecule has 184 valence electrons. The SMILES string of the molecule is CC1CCCN1C1CCN(c2ccc(NC(=O)c3cccc(F)c3)cc2)C1.O=C(O)C(F)(F)F. The first-order valence-electron chi connectivity index (χ1n) is 11.0. The fraction of sp³-hybridized carbons (Fsp3) is 0.417. The van der Waals surface area contributed by atoms with Crippen LogP contribution in [0.2, 0.25) is 0 Å². The van der Waals surface area contributed by atoms with Gasteiger partial charge in [0.1, 0.15) is 5.82 Å². The minimum atomic E-state index is -5.08. The van der Waals surface area contributed by atoms with Gasteiger partial charge in [-0.2, -0.15) is 13.2 Å². The van der Waals surface area contributed by atoms with E-state index in [0.29, 0.717) is 17.6 Å². The summed E-state index contributed by atoms with van der Waals surface area (Å²) in [6.07, 6.45) is -1.24. The number of carboxylic acid groups (broad SMARTS) is 1. The van der Waals surface area contributed by atoms with Crippen LogP contribution in [0, 0.1) is 5.82 Å². The van der Waals surface area contributed by atoms with Gasteiger partial charge in [0.2, 0.25) is 0 Å². The predicted molar refractivity (Wildman–Crippen MR) is 121 cm³/mol. The molecule has 2 atom stereocenters. The summed E-state index contributed by atoms with van der Waals surface area (Å²) in [6.45, 7) is 5.71.